The molecule has 1 aliphatic carbocycles. The highest BCUT2D eigenvalue weighted by atomic mass is 16.4. The Bertz CT molecular complexity index is 673. The van der Waals surface area contributed by atoms with Gasteiger partial charge in [0.2, 0.25) is 5.91 Å². The zero-order valence-corrected chi connectivity index (χ0v) is 12.0. The maximum absolute atomic E-state index is 12.0. The molecule has 2 aromatic rings. The summed E-state index contributed by atoms with van der Waals surface area (Å²) < 4.78 is 1.72. The molecular weight excluding hydrogens is 282 g/mol. The molecule has 1 aromatic carbocycles. The number of carbonyl (C=O) groups excluding carboxylic acids is 1. The van der Waals surface area contributed by atoms with E-state index in [-0.39, 0.29) is 12.3 Å². The van der Waals surface area contributed by atoms with Gasteiger partial charge in [-0.2, -0.15) is 5.10 Å². The number of rotatable bonds is 5. The maximum Gasteiger partial charge on any atom is 0.310 e. The third kappa shape index (κ3) is 2.72. The fourth-order valence-electron chi connectivity index (χ4n) is 2.70. The van der Waals surface area contributed by atoms with E-state index in [0.29, 0.717) is 18.5 Å². The highest BCUT2D eigenvalue weighted by molar-refractivity contribution is 5.94. The maximum atomic E-state index is 12.0. The summed E-state index contributed by atoms with van der Waals surface area (Å²) in [5, 5.41) is 16.1. The summed E-state index contributed by atoms with van der Waals surface area (Å²) in [6.45, 7) is 0. The summed E-state index contributed by atoms with van der Waals surface area (Å²) in [5.41, 5.74) is 0.684. The van der Waals surface area contributed by atoms with E-state index in [4.69, 9.17) is 0 Å². The normalized spacial score (nSPS) is 15.8. The number of benzene rings is 1. The highest BCUT2D eigenvalue weighted by Crippen LogP contribution is 2.44. The molecule has 22 heavy (non-hydrogen) atoms. The van der Waals surface area contributed by atoms with Crippen molar-refractivity contribution in [3.63, 3.8) is 0 Å². The van der Waals surface area contributed by atoms with Crippen molar-refractivity contribution in [1.82, 2.24) is 9.78 Å². The summed E-state index contributed by atoms with van der Waals surface area (Å²) in [6, 6.07) is 9.09. The van der Waals surface area contributed by atoms with E-state index in [0.717, 1.165) is 12.1 Å². The van der Waals surface area contributed by atoms with Gasteiger partial charge in [0, 0.05) is 24.5 Å². The van der Waals surface area contributed by atoms with Gasteiger partial charge in [0.15, 0.2) is 0 Å². The van der Waals surface area contributed by atoms with Gasteiger partial charge < -0.3 is 10.4 Å². The Morgan fingerprint density at radius 3 is 2.50 bits per heavy atom. The molecule has 0 saturated heterocycles. The second-order valence-electron chi connectivity index (χ2n) is 5.66. The molecule has 0 radical (unpaired) electrons. The number of aliphatic carboxylic acids is 1. The van der Waals surface area contributed by atoms with E-state index in [2.05, 4.69) is 10.4 Å². The predicted molar refractivity (Wildman–Crippen MR) is 80.7 cm³/mol. The monoisotopic (exact) mass is 299 g/mol. The lowest BCUT2D eigenvalue weighted by molar-refractivity contribution is -0.157. The van der Waals surface area contributed by atoms with Gasteiger partial charge in [0.1, 0.15) is 0 Å². The van der Waals surface area contributed by atoms with Crippen molar-refractivity contribution in [2.45, 2.75) is 25.7 Å². The number of hydrogen-bond donors (Lipinski definition) is 2. The highest BCUT2D eigenvalue weighted by Gasteiger charge is 2.45. The van der Waals surface area contributed by atoms with E-state index < -0.39 is 11.4 Å². The molecule has 1 saturated carbocycles. The molecule has 0 atom stereocenters. The van der Waals surface area contributed by atoms with Gasteiger partial charge in [-0.15, -0.1) is 0 Å². The average molecular weight is 299 g/mol. The smallest absolute Gasteiger partial charge is 0.310 e. The van der Waals surface area contributed by atoms with Crippen LogP contribution in [0, 0.1) is 5.41 Å². The minimum atomic E-state index is -0.872. The standard InChI is InChI=1S/C16H17N3O3/c20-14(11-16(15(21)22)7-1-8-16)18-12-3-5-13(6-4-12)19-10-2-9-17-19/h2-6,9-10H,1,7-8,11H2,(H,18,20)(H,21,22). The van der Waals surface area contributed by atoms with Crippen molar-refractivity contribution in [3.8, 4) is 5.69 Å². The van der Waals surface area contributed by atoms with Crippen LogP contribution in [0.1, 0.15) is 25.7 Å². The number of amides is 1. The molecule has 6 heteroatoms. The summed E-state index contributed by atoms with van der Waals surface area (Å²) in [7, 11) is 0. The number of anilines is 1. The minimum absolute atomic E-state index is 0.0310. The van der Waals surface area contributed by atoms with Gasteiger partial charge in [-0.25, -0.2) is 4.68 Å². The zero-order valence-electron chi connectivity index (χ0n) is 12.0. The minimum Gasteiger partial charge on any atom is -0.481 e. The SMILES string of the molecule is O=C(CC1(C(=O)O)CCC1)Nc1ccc(-n2cccn2)cc1. The van der Waals surface area contributed by atoms with Crippen LogP contribution >= 0.6 is 0 Å². The first kappa shape index (κ1) is 14.3. The molecule has 6 nitrogen and oxygen atoms in total. The van der Waals surface area contributed by atoms with E-state index in [1.165, 1.54) is 0 Å². The van der Waals surface area contributed by atoms with Gasteiger partial charge in [-0.3, -0.25) is 9.59 Å². The van der Waals surface area contributed by atoms with Crippen molar-refractivity contribution in [2.75, 3.05) is 5.32 Å². The number of nitrogens with one attached hydrogen (secondary N) is 1. The van der Waals surface area contributed by atoms with Crippen molar-refractivity contribution >= 4 is 17.6 Å². The van der Waals surface area contributed by atoms with Gasteiger partial charge in [0.05, 0.1) is 11.1 Å². The molecule has 0 spiro atoms. The lowest BCUT2D eigenvalue weighted by Crippen LogP contribution is -2.41. The molecule has 1 fully saturated rings. The Labute approximate surface area is 127 Å². The largest absolute Gasteiger partial charge is 0.481 e. The molecule has 3 rings (SSSR count). The fraction of sp³-hybridized carbons (Fsp3) is 0.312. The van der Waals surface area contributed by atoms with Crippen LogP contribution in [0.5, 0.6) is 0 Å². The molecule has 1 amide bonds. The number of aromatic nitrogens is 2. The molecular formula is C16H17N3O3. The van der Waals surface area contributed by atoms with E-state index in [1.54, 1.807) is 23.0 Å². The lowest BCUT2D eigenvalue weighted by Gasteiger charge is -2.36. The topological polar surface area (TPSA) is 84.2 Å². The zero-order chi connectivity index (χ0) is 15.6. The fourth-order valence-corrected chi connectivity index (χ4v) is 2.70. The third-order valence-electron chi connectivity index (χ3n) is 4.18. The molecule has 0 aliphatic heterocycles. The second-order valence-corrected chi connectivity index (χ2v) is 5.66. The predicted octanol–water partition coefficient (Wildman–Crippen LogP) is 2.46. The number of hydrogen-bond acceptors (Lipinski definition) is 3. The van der Waals surface area contributed by atoms with E-state index in [1.807, 2.05) is 24.4 Å². The molecule has 1 aliphatic rings. The van der Waals surface area contributed by atoms with Crippen LogP contribution in [-0.2, 0) is 9.59 Å². The van der Waals surface area contributed by atoms with Crippen molar-refractivity contribution in [3.05, 3.63) is 42.7 Å². The first-order chi connectivity index (χ1) is 10.6. The summed E-state index contributed by atoms with van der Waals surface area (Å²) in [4.78, 5) is 23.3. The van der Waals surface area contributed by atoms with E-state index >= 15 is 0 Å². The molecule has 0 bridgehead atoms. The third-order valence-corrected chi connectivity index (χ3v) is 4.18. The Hall–Kier alpha value is -2.63. The van der Waals surface area contributed by atoms with Crippen molar-refractivity contribution < 1.29 is 14.7 Å². The Kier molecular flexibility index (Phi) is 3.66. The Balaban J connectivity index is 1.63. The molecule has 1 aromatic heterocycles. The average Bonchev–Trinajstić information content (AvgIpc) is 2.97. The number of nitrogens with zero attached hydrogens (tertiary/aromatic N) is 2. The molecule has 114 valence electrons. The van der Waals surface area contributed by atoms with Crippen LogP contribution < -0.4 is 5.32 Å². The second kappa shape index (κ2) is 5.63. The summed E-state index contributed by atoms with van der Waals surface area (Å²) in [6.07, 6.45) is 5.59. The Morgan fingerprint density at radius 2 is 2.00 bits per heavy atom. The van der Waals surface area contributed by atoms with Crippen LogP contribution in [-0.4, -0.2) is 26.8 Å². The van der Waals surface area contributed by atoms with Gasteiger partial charge in [0.25, 0.3) is 0 Å². The van der Waals surface area contributed by atoms with Gasteiger partial charge >= 0.3 is 5.97 Å². The van der Waals surface area contributed by atoms with Crippen LogP contribution in [0.15, 0.2) is 42.7 Å². The Morgan fingerprint density at radius 1 is 1.27 bits per heavy atom. The van der Waals surface area contributed by atoms with Crippen LogP contribution in [0.4, 0.5) is 5.69 Å². The first-order valence-corrected chi connectivity index (χ1v) is 7.22. The number of carbonyl (C=O) groups is 2. The van der Waals surface area contributed by atoms with Gasteiger partial charge in [-0.05, 0) is 43.2 Å². The van der Waals surface area contributed by atoms with Crippen LogP contribution in [0.2, 0.25) is 0 Å². The van der Waals surface area contributed by atoms with Crippen LogP contribution in [0.3, 0.4) is 0 Å². The summed E-state index contributed by atoms with van der Waals surface area (Å²) in [5.74, 6) is -1.13. The van der Waals surface area contributed by atoms with Crippen molar-refractivity contribution in [2.24, 2.45) is 5.41 Å². The number of carboxylic acids is 1. The first-order valence-electron chi connectivity index (χ1n) is 7.22. The van der Waals surface area contributed by atoms with E-state index in [9.17, 15) is 14.7 Å². The molecule has 0 unspecified atom stereocenters. The lowest BCUT2D eigenvalue weighted by atomic mass is 9.66. The number of carboxylic acid groups (broad SMARTS) is 1. The van der Waals surface area contributed by atoms with Crippen molar-refractivity contribution in [1.29, 1.82) is 0 Å². The summed E-state index contributed by atoms with van der Waals surface area (Å²) >= 11 is 0. The van der Waals surface area contributed by atoms with Gasteiger partial charge in [-0.1, -0.05) is 6.42 Å². The molecule has 1 heterocycles. The van der Waals surface area contributed by atoms with Crippen LogP contribution in [0.25, 0.3) is 5.69 Å². The quantitative estimate of drug-likeness (QED) is 0.888. The molecule has 2 N–H and O–H groups in total.